The SMILES string of the molecule is Cc1ccc(S(=O)(=O)Oc2cnccc2/C=N\NC(=O)Cc2cccc(Cl)c2)cc1. The van der Waals surface area contributed by atoms with Gasteiger partial charge in [0.05, 0.1) is 18.8 Å². The van der Waals surface area contributed by atoms with Gasteiger partial charge in [0.25, 0.3) is 0 Å². The lowest BCUT2D eigenvalue weighted by Crippen LogP contribution is -2.19. The van der Waals surface area contributed by atoms with Crippen LogP contribution in [-0.2, 0) is 21.3 Å². The standard InChI is InChI=1S/C21H18ClN3O4S/c1-15-5-7-19(8-6-15)30(27,28)29-20-14-23-10-9-17(20)13-24-25-21(26)12-16-3-2-4-18(22)11-16/h2-11,13-14H,12H2,1H3,(H,25,26)/b24-13-. The summed E-state index contributed by atoms with van der Waals surface area (Å²) in [7, 11) is -4.04. The van der Waals surface area contributed by atoms with E-state index in [0.29, 0.717) is 10.6 Å². The third kappa shape index (κ3) is 5.88. The Morgan fingerprint density at radius 1 is 1.20 bits per heavy atom. The van der Waals surface area contributed by atoms with Crippen LogP contribution in [-0.4, -0.2) is 25.5 Å². The van der Waals surface area contributed by atoms with E-state index in [1.165, 1.54) is 36.8 Å². The Labute approximate surface area is 179 Å². The molecule has 0 aliphatic heterocycles. The van der Waals surface area contributed by atoms with Crippen molar-refractivity contribution in [3.63, 3.8) is 0 Å². The predicted octanol–water partition coefficient (Wildman–Crippen LogP) is 3.50. The first-order valence-electron chi connectivity index (χ1n) is 8.85. The number of hydrogen-bond acceptors (Lipinski definition) is 6. The topological polar surface area (TPSA) is 97.7 Å². The van der Waals surface area contributed by atoms with Gasteiger partial charge in [0.15, 0.2) is 5.75 Å². The summed E-state index contributed by atoms with van der Waals surface area (Å²) >= 11 is 5.90. The van der Waals surface area contributed by atoms with Crippen LogP contribution in [0.15, 0.2) is 77.0 Å². The Balaban J connectivity index is 1.69. The molecule has 0 unspecified atom stereocenters. The van der Waals surface area contributed by atoms with E-state index in [-0.39, 0.29) is 23.0 Å². The molecular weight excluding hydrogens is 426 g/mol. The van der Waals surface area contributed by atoms with Gasteiger partial charge in [0.1, 0.15) is 4.90 Å². The summed E-state index contributed by atoms with van der Waals surface area (Å²) in [6.45, 7) is 1.85. The van der Waals surface area contributed by atoms with E-state index in [1.54, 1.807) is 36.4 Å². The lowest BCUT2D eigenvalue weighted by atomic mass is 10.1. The van der Waals surface area contributed by atoms with E-state index in [9.17, 15) is 13.2 Å². The summed E-state index contributed by atoms with van der Waals surface area (Å²) in [5.41, 5.74) is 4.40. The number of benzene rings is 2. The van der Waals surface area contributed by atoms with Crippen LogP contribution in [0.1, 0.15) is 16.7 Å². The van der Waals surface area contributed by atoms with Crippen molar-refractivity contribution < 1.29 is 17.4 Å². The lowest BCUT2D eigenvalue weighted by molar-refractivity contribution is -0.120. The highest BCUT2D eigenvalue weighted by molar-refractivity contribution is 7.87. The number of hydrazone groups is 1. The van der Waals surface area contributed by atoms with E-state index in [0.717, 1.165) is 11.1 Å². The van der Waals surface area contributed by atoms with Gasteiger partial charge in [-0.15, -0.1) is 0 Å². The molecule has 3 rings (SSSR count). The fraction of sp³-hybridized carbons (Fsp3) is 0.0952. The molecule has 3 aromatic rings. The number of amides is 1. The molecule has 154 valence electrons. The summed E-state index contributed by atoms with van der Waals surface area (Å²) in [5.74, 6) is -0.358. The van der Waals surface area contributed by atoms with Crippen LogP contribution in [0.4, 0.5) is 0 Å². The van der Waals surface area contributed by atoms with Crippen LogP contribution >= 0.6 is 11.6 Å². The zero-order valence-electron chi connectivity index (χ0n) is 15.9. The molecule has 0 aliphatic carbocycles. The second kappa shape index (κ2) is 9.51. The summed E-state index contributed by atoms with van der Waals surface area (Å²) in [5, 5.41) is 4.41. The molecule has 1 amide bonds. The number of hydrogen-bond donors (Lipinski definition) is 1. The Morgan fingerprint density at radius 2 is 1.97 bits per heavy atom. The van der Waals surface area contributed by atoms with Crippen LogP contribution in [0.3, 0.4) is 0 Å². The summed E-state index contributed by atoms with van der Waals surface area (Å²) in [6, 6.07) is 14.7. The van der Waals surface area contributed by atoms with Crippen molar-refractivity contribution in [3.05, 3.63) is 88.7 Å². The van der Waals surface area contributed by atoms with E-state index in [1.807, 2.05) is 6.92 Å². The minimum Gasteiger partial charge on any atom is -0.377 e. The summed E-state index contributed by atoms with van der Waals surface area (Å²) in [4.78, 5) is 15.9. The van der Waals surface area contributed by atoms with Crippen LogP contribution in [0, 0.1) is 6.92 Å². The van der Waals surface area contributed by atoms with Gasteiger partial charge in [-0.3, -0.25) is 9.78 Å². The first-order chi connectivity index (χ1) is 14.3. The number of carbonyl (C=O) groups is 1. The van der Waals surface area contributed by atoms with Crippen molar-refractivity contribution in [1.29, 1.82) is 0 Å². The molecule has 1 aromatic heterocycles. The molecule has 1 N–H and O–H groups in total. The van der Waals surface area contributed by atoms with E-state index in [2.05, 4.69) is 15.5 Å². The van der Waals surface area contributed by atoms with Gasteiger partial charge >= 0.3 is 10.1 Å². The van der Waals surface area contributed by atoms with Crippen LogP contribution in [0.5, 0.6) is 5.75 Å². The van der Waals surface area contributed by atoms with Crippen molar-refractivity contribution in [1.82, 2.24) is 10.4 Å². The summed E-state index contributed by atoms with van der Waals surface area (Å²) < 4.78 is 30.2. The number of halogens is 1. The van der Waals surface area contributed by atoms with Gasteiger partial charge in [-0.2, -0.15) is 13.5 Å². The Bertz CT molecular complexity index is 1180. The maximum absolute atomic E-state index is 12.5. The first kappa shape index (κ1) is 21.5. The highest BCUT2D eigenvalue weighted by Crippen LogP contribution is 2.21. The molecule has 0 bridgehead atoms. The largest absolute Gasteiger partial charge is 0.377 e. The monoisotopic (exact) mass is 443 g/mol. The molecule has 2 aromatic carbocycles. The molecular formula is C21H18ClN3O4S. The predicted molar refractivity (Wildman–Crippen MR) is 114 cm³/mol. The average molecular weight is 444 g/mol. The quantitative estimate of drug-likeness (QED) is 0.342. The van der Waals surface area contributed by atoms with Gasteiger partial charge in [-0.25, -0.2) is 5.43 Å². The molecule has 7 nitrogen and oxygen atoms in total. The lowest BCUT2D eigenvalue weighted by Gasteiger charge is -2.09. The highest BCUT2D eigenvalue weighted by Gasteiger charge is 2.18. The Morgan fingerprint density at radius 3 is 2.70 bits per heavy atom. The van der Waals surface area contributed by atoms with Crippen LogP contribution in [0.2, 0.25) is 5.02 Å². The van der Waals surface area contributed by atoms with Gasteiger partial charge in [0, 0.05) is 16.8 Å². The molecule has 0 atom stereocenters. The fourth-order valence-electron chi connectivity index (χ4n) is 2.48. The van der Waals surface area contributed by atoms with Crippen molar-refractivity contribution >= 4 is 33.8 Å². The van der Waals surface area contributed by atoms with Crippen LogP contribution in [0.25, 0.3) is 0 Å². The van der Waals surface area contributed by atoms with Gasteiger partial charge in [0.2, 0.25) is 5.91 Å². The first-order valence-corrected chi connectivity index (χ1v) is 10.6. The van der Waals surface area contributed by atoms with Gasteiger partial charge < -0.3 is 4.18 Å². The van der Waals surface area contributed by atoms with E-state index >= 15 is 0 Å². The molecule has 0 saturated heterocycles. The number of nitrogens with one attached hydrogen (secondary N) is 1. The maximum atomic E-state index is 12.5. The molecule has 0 saturated carbocycles. The molecule has 30 heavy (non-hydrogen) atoms. The molecule has 0 radical (unpaired) electrons. The zero-order valence-corrected chi connectivity index (χ0v) is 17.5. The second-order valence-electron chi connectivity index (χ2n) is 6.36. The number of aromatic nitrogens is 1. The Kier molecular flexibility index (Phi) is 6.81. The fourth-order valence-corrected chi connectivity index (χ4v) is 3.64. The number of pyridine rings is 1. The van der Waals surface area contributed by atoms with E-state index < -0.39 is 10.1 Å². The third-order valence-electron chi connectivity index (χ3n) is 3.97. The maximum Gasteiger partial charge on any atom is 0.339 e. The molecule has 0 fully saturated rings. The van der Waals surface area contributed by atoms with E-state index in [4.69, 9.17) is 15.8 Å². The number of aryl methyl sites for hydroxylation is 1. The van der Waals surface area contributed by atoms with Crippen LogP contribution < -0.4 is 9.61 Å². The van der Waals surface area contributed by atoms with Gasteiger partial charge in [-0.1, -0.05) is 41.4 Å². The zero-order chi connectivity index (χ0) is 21.6. The van der Waals surface area contributed by atoms with Crippen molar-refractivity contribution in [2.45, 2.75) is 18.2 Å². The third-order valence-corrected chi connectivity index (χ3v) is 5.46. The smallest absolute Gasteiger partial charge is 0.339 e. The molecule has 1 heterocycles. The minimum absolute atomic E-state index is 0.00841. The summed E-state index contributed by atoms with van der Waals surface area (Å²) in [6.07, 6.45) is 4.11. The molecule has 0 spiro atoms. The normalized spacial score (nSPS) is 11.4. The minimum atomic E-state index is -4.04. The number of nitrogens with zero attached hydrogens (tertiary/aromatic N) is 2. The highest BCUT2D eigenvalue weighted by atomic mass is 35.5. The second-order valence-corrected chi connectivity index (χ2v) is 8.35. The number of rotatable bonds is 7. The van der Waals surface area contributed by atoms with Crippen molar-refractivity contribution in [2.75, 3.05) is 0 Å². The van der Waals surface area contributed by atoms with Gasteiger partial charge in [-0.05, 0) is 42.8 Å². The molecule has 9 heteroatoms. The average Bonchev–Trinajstić information content (AvgIpc) is 2.69. The molecule has 0 aliphatic rings. The number of carbonyl (C=O) groups excluding carboxylic acids is 1. The van der Waals surface area contributed by atoms with Crippen molar-refractivity contribution in [3.8, 4) is 5.75 Å². The Hall–Kier alpha value is -3.23. The van der Waals surface area contributed by atoms with Crippen molar-refractivity contribution in [2.24, 2.45) is 5.10 Å².